The second kappa shape index (κ2) is 5.72. The summed E-state index contributed by atoms with van der Waals surface area (Å²) in [5.41, 5.74) is 2.10. The topological polar surface area (TPSA) is 93.4 Å². The van der Waals surface area contributed by atoms with E-state index in [1.54, 1.807) is 48.8 Å². The summed E-state index contributed by atoms with van der Waals surface area (Å²) in [7, 11) is -3.39. The first-order chi connectivity index (χ1) is 11.2. The normalized spacial score (nSPS) is 11.6. The number of carbonyl (C=O) groups excluding carboxylic acids is 1. The molecule has 0 radical (unpaired) electrons. The molecule has 24 heavy (non-hydrogen) atoms. The molecule has 0 spiro atoms. The van der Waals surface area contributed by atoms with Crippen LogP contribution in [0.2, 0.25) is 0 Å². The van der Waals surface area contributed by atoms with Crippen molar-refractivity contribution in [2.45, 2.75) is 18.7 Å². The van der Waals surface area contributed by atoms with E-state index in [1.807, 2.05) is 0 Å². The monoisotopic (exact) mass is 344 g/mol. The second-order valence-electron chi connectivity index (χ2n) is 5.59. The predicted octanol–water partition coefficient (Wildman–Crippen LogP) is 2.00. The van der Waals surface area contributed by atoms with Crippen LogP contribution in [0.25, 0.3) is 5.65 Å². The molecule has 0 saturated heterocycles. The van der Waals surface area contributed by atoms with Crippen LogP contribution in [0.15, 0.2) is 41.4 Å². The molecule has 2 heterocycles. The SMILES string of the molecule is Cc1nc2ccc(NC(=O)c3ccc(C)c(S(C)(=O)=O)c3)cn2n1. The fourth-order valence-corrected chi connectivity index (χ4v) is 3.41. The van der Waals surface area contributed by atoms with Gasteiger partial charge in [0.05, 0.1) is 16.8 Å². The van der Waals surface area contributed by atoms with E-state index in [2.05, 4.69) is 15.4 Å². The first-order valence-corrected chi connectivity index (χ1v) is 9.08. The number of benzene rings is 1. The van der Waals surface area contributed by atoms with E-state index in [1.165, 1.54) is 6.07 Å². The van der Waals surface area contributed by atoms with E-state index in [0.29, 0.717) is 22.7 Å². The van der Waals surface area contributed by atoms with Crippen molar-refractivity contribution in [3.05, 3.63) is 53.5 Å². The standard InChI is InChI=1S/C16H16N4O3S/c1-10-4-5-12(8-14(10)24(3,22)23)16(21)18-13-6-7-15-17-11(2)19-20(15)9-13/h4-9H,1-3H3,(H,18,21). The summed E-state index contributed by atoms with van der Waals surface area (Å²) in [6.07, 6.45) is 2.77. The Hall–Kier alpha value is -2.74. The largest absolute Gasteiger partial charge is 0.321 e. The third kappa shape index (κ3) is 3.13. The van der Waals surface area contributed by atoms with Gasteiger partial charge in [-0.05, 0) is 43.7 Å². The van der Waals surface area contributed by atoms with E-state index in [9.17, 15) is 13.2 Å². The fraction of sp³-hybridized carbons (Fsp3) is 0.188. The van der Waals surface area contributed by atoms with E-state index < -0.39 is 15.7 Å². The van der Waals surface area contributed by atoms with Crippen LogP contribution < -0.4 is 5.32 Å². The molecule has 1 aromatic carbocycles. The number of hydrogen-bond donors (Lipinski definition) is 1. The van der Waals surface area contributed by atoms with Gasteiger partial charge in [-0.15, -0.1) is 0 Å². The summed E-state index contributed by atoms with van der Waals surface area (Å²) in [6.45, 7) is 3.48. The zero-order valence-corrected chi connectivity index (χ0v) is 14.3. The lowest BCUT2D eigenvalue weighted by molar-refractivity contribution is 0.102. The average Bonchev–Trinajstić information content (AvgIpc) is 2.85. The number of pyridine rings is 1. The van der Waals surface area contributed by atoms with Gasteiger partial charge in [-0.1, -0.05) is 6.07 Å². The highest BCUT2D eigenvalue weighted by Crippen LogP contribution is 2.18. The molecule has 0 aliphatic rings. The van der Waals surface area contributed by atoms with Crippen molar-refractivity contribution in [2.75, 3.05) is 11.6 Å². The highest BCUT2D eigenvalue weighted by Gasteiger charge is 2.15. The number of nitrogens with zero attached hydrogens (tertiary/aromatic N) is 3. The van der Waals surface area contributed by atoms with Crippen molar-refractivity contribution in [1.29, 1.82) is 0 Å². The lowest BCUT2D eigenvalue weighted by atomic mass is 10.1. The Bertz CT molecular complexity index is 1050. The van der Waals surface area contributed by atoms with Crippen molar-refractivity contribution >= 4 is 27.1 Å². The lowest BCUT2D eigenvalue weighted by Crippen LogP contribution is -2.13. The first kappa shape index (κ1) is 16.1. The van der Waals surface area contributed by atoms with Crippen LogP contribution in [0.5, 0.6) is 0 Å². The Balaban J connectivity index is 1.91. The molecule has 1 amide bonds. The van der Waals surface area contributed by atoms with Crippen molar-refractivity contribution in [3.8, 4) is 0 Å². The molecule has 0 aliphatic carbocycles. The van der Waals surface area contributed by atoms with Gasteiger partial charge in [0.15, 0.2) is 15.5 Å². The molecule has 3 aromatic rings. The van der Waals surface area contributed by atoms with Gasteiger partial charge in [0.25, 0.3) is 5.91 Å². The van der Waals surface area contributed by atoms with Gasteiger partial charge in [-0.25, -0.2) is 17.9 Å². The summed E-state index contributed by atoms with van der Waals surface area (Å²) in [6, 6.07) is 8.06. The molecule has 8 heteroatoms. The molecular formula is C16H16N4O3S. The van der Waals surface area contributed by atoms with Crippen molar-refractivity contribution in [2.24, 2.45) is 0 Å². The van der Waals surface area contributed by atoms with E-state index >= 15 is 0 Å². The van der Waals surface area contributed by atoms with Crippen LogP contribution in [0, 0.1) is 13.8 Å². The van der Waals surface area contributed by atoms with Gasteiger partial charge in [-0.3, -0.25) is 4.79 Å². The highest BCUT2D eigenvalue weighted by atomic mass is 32.2. The molecule has 7 nitrogen and oxygen atoms in total. The Kier molecular flexibility index (Phi) is 3.84. The van der Waals surface area contributed by atoms with Crippen molar-refractivity contribution in [3.63, 3.8) is 0 Å². The van der Waals surface area contributed by atoms with Crippen molar-refractivity contribution < 1.29 is 13.2 Å². The summed E-state index contributed by atoms with van der Waals surface area (Å²) in [5.74, 6) is 0.242. The summed E-state index contributed by atoms with van der Waals surface area (Å²) >= 11 is 0. The Morgan fingerprint density at radius 1 is 1.17 bits per heavy atom. The number of rotatable bonds is 3. The third-order valence-electron chi connectivity index (χ3n) is 3.54. The molecule has 3 rings (SSSR count). The van der Waals surface area contributed by atoms with E-state index in [0.717, 1.165) is 6.26 Å². The molecular weight excluding hydrogens is 328 g/mol. The number of nitrogens with one attached hydrogen (secondary N) is 1. The zero-order valence-electron chi connectivity index (χ0n) is 13.4. The van der Waals surface area contributed by atoms with Gasteiger partial charge >= 0.3 is 0 Å². The Morgan fingerprint density at radius 3 is 2.62 bits per heavy atom. The van der Waals surface area contributed by atoms with E-state index in [-0.39, 0.29) is 10.5 Å². The molecule has 0 unspecified atom stereocenters. The zero-order chi connectivity index (χ0) is 17.5. The second-order valence-corrected chi connectivity index (χ2v) is 7.57. The number of fused-ring (bicyclic) bond motifs is 1. The summed E-state index contributed by atoms with van der Waals surface area (Å²) < 4.78 is 25.1. The summed E-state index contributed by atoms with van der Waals surface area (Å²) in [4.78, 5) is 16.8. The minimum absolute atomic E-state index is 0.150. The maximum atomic E-state index is 12.4. The number of sulfone groups is 1. The third-order valence-corrected chi connectivity index (χ3v) is 4.78. The van der Waals surface area contributed by atoms with Crippen LogP contribution in [-0.2, 0) is 9.84 Å². The molecule has 2 aromatic heterocycles. The molecule has 0 bridgehead atoms. The number of amides is 1. The molecule has 0 fully saturated rings. The predicted molar refractivity (Wildman–Crippen MR) is 90.0 cm³/mol. The van der Waals surface area contributed by atoms with Crippen LogP contribution in [-0.4, -0.2) is 35.2 Å². The van der Waals surface area contributed by atoms with Gasteiger partial charge in [0.2, 0.25) is 0 Å². The lowest BCUT2D eigenvalue weighted by Gasteiger charge is -2.08. The van der Waals surface area contributed by atoms with Gasteiger partial charge in [0, 0.05) is 11.8 Å². The van der Waals surface area contributed by atoms with Crippen LogP contribution in [0.1, 0.15) is 21.7 Å². The van der Waals surface area contributed by atoms with Crippen molar-refractivity contribution in [1.82, 2.24) is 14.6 Å². The number of hydrogen-bond acceptors (Lipinski definition) is 5. The van der Waals surface area contributed by atoms with Crippen LogP contribution in [0.4, 0.5) is 5.69 Å². The molecule has 1 N–H and O–H groups in total. The fourth-order valence-electron chi connectivity index (χ4n) is 2.41. The minimum atomic E-state index is -3.39. The Labute approximate surface area is 139 Å². The average molecular weight is 344 g/mol. The quantitative estimate of drug-likeness (QED) is 0.784. The van der Waals surface area contributed by atoms with Crippen LogP contribution in [0.3, 0.4) is 0 Å². The molecule has 0 aliphatic heterocycles. The minimum Gasteiger partial charge on any atom is -0.321 e. The number of anilines is 1. The van der Waals surface area contributed by atoms with Gasteiger partial charge in [-0.2, -0.15) is 5.10 Å². The number of carbonyl (C=O) groups is 1. The first-order valence-electron chi connectivity index (χ1n) is 7.19. The molecule has 124 valence electrons. The maximum absolute atomic E-state index is 12.4. The smallest absolute Gasteiger partial charge is 0.255 e. The number of aryl methyl sites for hydroxylation is 2. The van der Waals surface area contributed by atoms with Gasteiger partial charge in [0.1, 0.15) is 5.82 Å². The van der Waals surface area contributed by atoms with Gasteiger partial charge < -0.3 is 5.32 Å². The molecule has 0 atom stereocenters. The Morgan fingerprint density at radius 2 is 1.92 bits per heavy atom. The van der Waals surface area contributed by atoms with E-state index in [4.69, 9.17) is 0 Å². The summed E-state index contributed by atoms with van der Waals surface area (Å²) in [5, 5.41) is 6.92. The maximum Gasteiger partial charge on any atom is 0.255 e. The highest BCUT2D eigenvalue weighted by molar-refractivity contribution is 7.90. The molecule has 0 saturated carbocycles. The van der Waals surface area contributed by atoms with Crippen LogP contribution >= 0.6 is 0 Å². The number of aromatic nitrogens is 3.